The van der Waals surface area contributed by atoms with Crippen LogP contribution in [0.25, 0.3) is 0 Å². The van der Waals surface area contributed by atoms with Crippen molar-refractivity contribution in [3.8, 4) is 5.75 Å². The first-order valence-electron chi connectivity index (χ1n) is 7.84. The second kappa shape index (κ2) is 8.22. The number of carbonyl (C=O) groups excluding carboxylic acids is 2. The van der Waals surface area contributed by atoms with Crippen LogP contribution in [0.1, 0.15) is 10.6 Å². The van der Waals surface area contributed by atoms with Crippen LogP contribution in [0.2, 0.25) is 0 Å². The summed E-state index contributed by atoms with van der Waals surface area (Å²) in [5, 5.41) is 0. The number of hydrogen-bond donors (Lipinski definition) is 0. The molecule has 0 unspecified atom stereocenters. The largest absolute Gasteiger partial charge is 0.483 e. The molecule has 1 aliphatic heterocycles. The van der Waals surface area contributed by atoms with Gasteiger partial charge in [0, 0.05) is 26.2 Å². The second-order valence-corrected chi connectivity index (χ2v) is 7.28. The van der Waals surface area contributed by atoms with Crippen molar-refractivity contribution in [3.63, 3.8) is 0 Å². The zero-order valence-corrected chi connectivity index (χ0v) is 16.8. The minimum Gasteiger partial charge on any atom is -0.483 e. The van der Waals surface area contributed by atoms with Gasteiger partial charge in [-0.25, -0.2) is 4.39 Å². The van der Waals surface area contributed by atoms with Gasteiger partial charge in [0.25, 0.3) is 11.8 Å². The number of amides is 2. The maximum atomic E-state index is 13.1. The summed E-state index contributed by atoms with van der Waals surface area (Å²) in [6, 6.07) is 7.28. The third-order valence-electron chi connectivity index (χ3n) is 3.95. The third kappa shape index (κ3) is 4.45. The normalized spacial score (nSPS) is 14.4. The molecule has 1 fully saturated rings. The molecule has 0 bridgehead atoms. The quantitative estimate of drug-likeness (QED) is 0.661. The molecule has 6 nitrogen and oxygen atoms in total. The van der Waals surface area contributed by atoms with Crippen LogP contribution in [0, 0.1) is 5.82 Å². The number of hydrogen-bond acceptors (Lipinski definition) is 4. The number of rotatable bonds is 4. The molecule has 2 heterocycles. The molecule has 0 spiro atoms. The van der Waals surface area contributed by atoms with Crippen LogP contribution in [-0.4, -0.2) is 54.4 Å². The smallest absolute Gasteiger partial charge is 0.289 e. The summed E-state index contributed by atoms with van der Waals surface area (Å²) >= 11 is 6.36. The molecule has 9 heteroatoms. The van der Waals surface area contributed by atoms with Crippen molar-refractivity contribution in [2.45, 2.75) is 0 Å². The molecule has 0 atom stereocenters. The van der Waals surface area contributed by atoms with E-state index in [9.17, 15) is 14.0 Å². The molecule has 26 heavy (non-hydrogen) atoms. The van der Waals surface area contributed by atoms with E-state index in [0.29, 0.717) is 41.1 Å². The highest BCUT2D eigenvalue weighted by atomic mass is 79.9. The minimum absolute atomic E-state index is 0.149. The Morgan fingerprint density at radius 2 is 1.77 bits per heavy atom. The van der Waals surface area contributed by atoms with E-state index < -0.39 is 0 Å². The van der Waals surface area contributed by atoms with Crippen molar-refractivity contribution in [2.75, 3.05) is 32.8 Å². The molecule has 0 aliphatic carbocycles. The number of ether oxygens (including phenoxy) is 1. The predicted octanol–water partition coefficient (Wildman–Crippen LogP) is 3.31. The summed E-state index contributed by atoms with van der Waals surface area (Å²) in [7, 11) is 0. The number of halogens is 3. The van der Waals surface area contributed by atoms with Crippen molar-refractivity contribution in [1.29, 1.82) is 0 Å². The van der Waals surface area contributed by atoms with Crippen LogP contribution in [0.3, 0.4) is 0 Å². The lowest BCUT2D eigenvalue weighted by molar-refractivity contribution is -0.134. The molecular formula is C17H15Br2FN2O4. The number of nitrogens with zero attached hydrogens (tertiary/aromatic N) is 2. The zero-order chi connectivity index (χ0) is 18.7. The number of piperazine rings is 1. The van der Waals surface area contributed by atoms with Crippen LogP contribution < -0.4 is 4.74 Å². The van der Waals surface area contributed by atoms with Crippen LogP contribution in [0.4, 0.5) is 4.39 Å². The second-order valence-electron chi connectivity index (χ2n) is 5.64. The van der Waals surface area contributed by atoms with Gasteiger partial charge in [0.1, 0.15) is 11.6 Å². The molecule has 1 aromatic heterocycles. The van der Waals surface area contributed by atoms with E-state index in [0.717, 1.165) is 0 Å². The van der Waals surface area contributed by atoms with Gasteiger partial charge in [0.15, 0.2) is 17.0 Å². The van der Waals surface area contributed by atoms with E-state index >= 15 is 0 Å². The monoisotopic (exact) mass is 488 g/mol. The fraction of sp³-hybridized carbons (Fsp3) is 0.294. The lowest BCUT2D eigenvalue weighted by Crippen LogP contribution is -2.51. The highest BCUT2D eigenvalue weighted by molar-refractivity contribution is 9.10. The van der Waals surface area contributed by atoms with E-state index in [1.54, 1.807) is 21.9 Å². The van der Waals surface area contributed by atoms with Crippen molar-refractivity contribution in [3.05, 3.63) is 51.1 Å². The summed E-state index contributed by atoms with van der Waals surface area (Å²) in [4.78, 5) is 27.9. The van der Waals surface area contributed by atoms with Crippen molar-refractivity contribution >= 4 is 43.7 Å². The molecule has 0 saturated carbocycles. The van der Waals surface area contributed by atoms with Gasteiger partial charge in [-0.2, -0.15) is 0 Å². The Hall–Kier alpha value is -1.87. The van der Waals surface area contributed by atoms with Crippen molar-refractivity contribution in [2.24, 2.45) is 0 Å². The van der Waals surface area contributed by atoms with Gasteiger partial charge in [-0.1, -0.05) is 0 Å². The Bertz CT molecular complexity index is 819. The van der Waals surface area contributed by atoms with Gasteiger partial charge in [0.05, 0.1) is 4.47 Å². The molecule has 2 aromatic rings. The third-order valence-corrected chi connectivity index (χ3v) is 4.99. The minimum atomic E-state index is -0.389. The van der Waals surface area contributed by atoms with Crippen LogP contribution >= 0.6 is 31.9 Å². The fourth-order valence-corrected chi connectivity index (χ4v) is 3.34. The molecule has 138 valence electrons. The van der Waals surface area contributed by atoms with Crippen molar-refractivity contribution < 1.29 is 23.1 Å². The van der Waals surface area contributed by atoms with Gasteiger partial charge in [-0.15, -0.1) is 0 Å². The number of carbonyl (C=O) groups is 2. The summed E-state index contributed by atoms with van der Waals surface area (Å²) in [6.07, 6.45) is 0. The summed E-state index contributed by atoms with van der Waals surface area (Å²) in [5.41, 5.74) is 0. The highest BCUT2D eigenvalue weighted by Crippen LogP contribution is 2.25. The first-order chi connectivity index (χ1) is 12.4. The molecule has 3 rings (SSSR count). The topological polar surface area (TPSA) is 63.0 Å². The lowest BCUT2D eigenvalue weighted by Gasteiger charge is -2.34. The Morgan fingerprint density at radius 3 is 2.38 bits per heavy atom. The van der Waals surface area contributed by atoms with E-state index in [-0.39, 0.29) is 30.0 Å². The van der Waals surface area contributed by atoms with Gasteiger partial charge in [-0.05, 0) is 62.2 Å². The van der Waals surface area contributed by atoms with Gasteiger partial charge >= 0.3 is 0 Å². The Labute approximate surface area is 166 Å². The first kappa shape index (κ1) is 18.9. The molecule has 2 amide bonds. The number of furan rings is 1. The van der Waals surface area contributed by atoms with Gasteiger partial charge < -0.3 is 19.0 Å². The van der Waals surface area contributed by atoms with Gasteiger partial charge in [0.2, 0.25) is 0 Å². The Morgan fingerprint density at radius 1 is 1.08 bits per heavy atom. The Balaban J connectivity index is 1.49. The van der Waals surface area contributed by atoms with E-state index in [2.05, 4.69) is 31.9 Å². The van der Waals surface area contributed by atoms with E-state index in [4.69, 9.17) is 9.15 Å². The summed E-state index contributed by atoms with van der Waals surface area (Å²) in [5.74, 6) is -0.110. The average Bonchev–Trinajstić information content (AvgIpc) is 3.06. The van der Waals surface area contributed by atoms with Gasteiger partial charge in [-0.3, -0.25) is 9.59 Å². The predicted molar refractivity (Wildman–Crippen MR) is 98.5 cm³/mol. The summed E-state index contributed by atoms with van der Waals surface area (Å²) < 4.78 is 24.7. The molecule has 1 aliphatic rings. The van der Waals surface area contributed by atoms with E-state index in [1.165, 1.54) is 18.2 Å². The summed E-state index contributed by atoms with van der Waals surface area (Å²) in [6.45, 7) is 1.52. The van der Waals surface area contributed by atoms with Crippen molar-refractivity contribution in [1.82, 2.24) is 9.80 Å². The molecule has 1 saturated heterocycles. The molecular weight excluding hydrogens is 475 g/mol. The first-order valence-corrected chi connectivity index (χ1v) is 9.43. The van der Waals surface area contributed by atoms with Crippen LogP contribution in [0.5, 0.6) is 5.75 Å². The maximum absolute atomic E-state index is 13.1. The standard InChI is InChI=1S/C17H15Br2FN2O4/c18-12-9-11(20)1-2-13(12)25-10-16(23)21-5-7-22(8-6-21)17(24)14-3-4-15(19)26-14/h1-4,9H,5-8,10H2. The molecule has 0 radical (unpaired) electrons. The van der Waals surface area contributed by atoms with Crippen LogP contribution in [-0.2, 0) is 4.79 Å². The molecule has 1 aromatic carbocycles. The lowest BCUT2D eigenvalue weighted by atomic mass is 10.3. The molecule has 0 N–H and O–H groups in total. The van der Waals surface area contributed by atoms with E-state index in [1.807, 2.05) is 0 Å². The van der Waals surface area contributed by atoms with Crippen LogP contribution in [0.15, 0.2) is 43.9 Å². The number of benzene rings is 1. The fourth-order valence-electron chi connectivity index (χ4n) is 2.57. The highest BCUT2D eigenvalue weighted by Gasteiger charge is 2.26. The average molecular weight is 490 g/mol. The Kier molecular flexibility index (Phi) is 5.98. The maximum Gasteiger partial charge on any atom is 0.289 e. The SMILES string of the molecule is O=C(COc1ccc(F)cc1Br)N1CCN(C(=O)c2ccc(Br)o2)CC1. The zero-order valence-electron chi connectivity index (χ0n) is 13.6.